The Morgan fingerprint density at radius 1 is 1.28 bits per heavy atom. The second kappa shape index (κ2) is 6.65. The summed E-state index contributed by atoms with van der Waals surface area (Å²) in [6.45, 7) is 5.91. The summed E-state index contributed by atoms with van der Waals surface area (Å²) in [7, 11) is 0. The summed E-state index contributed by atoms with van der Waals surface area (Å²) in [6, 6.07) is 5.00. The molecule has 25 heavy (non-hydrogen) atoms. The minimum Gasteiger partial charge on any atom is -0.368 e. The van der Waals surface area contributed by atoms with Crippen LogP contribution in [0.25, 0.3) is 5.70 Å². The van der Waals surface area contributed by atoms with Gasteiger partial charge in [-0.25, -0.2) is 9.38 Å². The molecular weight excluding hydrogens is 339 g/mol. The van der Waals surface area contributed by atoms with E-state index in [0.29, 0.717) is 23.2 Å². The van der Waals surface area contributed by atoms with Crippen molar-refractivity contribution in [1.82, 2.24) is 15.1 Å². The molecule has 4 rings (SSSR count). The topological polar surface area (TPSA) is 30.9 Å². The van der Waals surface area contributed by atoms with Gasteiger partial charge in [-0.15, -0.1) is 0 Å². The zero-order chi connectivity index (χ0) is 17.4. The van der Waals surface area contributed by atoms with E-state index in [1.807, 2.05) is 12.2 Å². The Bertz CT molecular complexity index is 791. The van der Waals surface area contributed by atoms with Crippen molar-refractivity contribution in [1.29, 1.82) is 0 Å². The van der Waals surface area contributed by atoms with Gasteiger partial charge in [-0.3, -0.25) is 0 Å². The van der Waals surface area contributed by atoms with Crippen LogP contribution in [0.4, 0.5) is 4.39 Å². The molecule has 0 saturated carbocycles. The summed E-state index contributed by atoms with van der Waals surface area (Å²) in [6.07, 6.45) is 8.27. The first-order valence-corrected chi connectivity index (χ1v) is 8.86. The number of piperazine rings is 1. The maximum absolute atomic E-state index is 13.6. The second-order valence-electron chi connectivity index (χ2n) is 6.56. The van der Waals surface area contributed by atoms with Crippen LogP contribution in [0.1, 0.15) is 12.5 Å². The molecule has 6 heteroatoms. The van der Waals surface area contributed by atoms with Crippen molar-refractivity contribution >= 4 is 23.1 Å². The fourth-order valence-corrected chi connectivity index (χ4v) is 3.59. The van der Waals surface area contributed by atoms with E-state index in [1.54, 1.807) is 6.07 Å². The lowest BCUT2D eigenvalue weighted by atomic mass is 10.1. The van der Waals surface area contributed by atoms with Gasteiger partial charge in [0, 0.05) is 49.0 Å². The number of hydrogen-bond acceptors (Lipinski definition) is 4. The zero-order valence-corrected chi connectivity index (χ0v) is 14.8. The summed E-state index contributed by atoms with van der Waals surface area (Å²) < 4.78 is 13.6. The third kappa shape index (κ3) is 3.48. The number of amidine groups is 1. The monoisotopic (exact) mass is 358 g/mol. The lowest BCUT2D eigenvalue weighted by Crippen LogP contribution is -2.49. The molecule has 1 aromatic rings. The molecular formula is C19H20ClFN4. The number of aliphatic imine (C=N–C) groups is 1. The van der Waals surface area contributed by atoms with E-state index in [2.05, 4.69) is 39.3 Å². The first kappa shape index (κ1) is 16.4. The van der Waals surface area contributed by atoms with Gasteiger partial charge in [0.25, 0.3) is 0 Å². The van der Waals surface area contributed by atoms with Crippen molar-refractivity contribution in [3.05, 3.63) is 64.7 Å². The Hall–Kier alpha value is -2.11. The van der Waals surface area contributed by atoms with Crippen molar-refractivity contribution in [3.8, 4) is 0 Å². The summed E-state index contributed by atoms with van der Waals surface area (Å²) in [5.41, 5.74) is 2.67. The minimum absolute atomic E-state index is 0.347. The lowest BCUT2D eigenvalue weighted by molar-refractivity contribution is 0.258. The van der Waals surface area contributed by atoms with Crippen LogP contribution < -0.4 is 5.32 Å². The quantitative estimate of drug-likeness (QED) is 0.880. The molecule has 1 fully saturated rings. The van der Waals surface area contributed by atoms with E-state index in [-0.39, 0.29) is 5.82 Å². The van der Waals surface area contributed by atoms with Crippen LogP contribution >= 0.6 is 11.6 Å². The van der Waals surface area contributed by atoms with Crippen molar-refractivity contribution in [2.24, 2.45) is 4.99 Å². The van der Waals surface area contributed by atoms with E-state index in [4.69, 9.17) is 11.6 Å². The Morgan fingerprint density at radius 3 is 2.96 bits per heavy atom. The first-order chi connectivity index (χ1) is 12.1. The van der Waals surface area contributed by atoms with Gasteiger partial charge < -0.3 is 15.1 Å². The molecule has 0 unspecified atom stereocenters. The van der Waals surface area contributed by atoms with Crippen LogP contribution in [0.5, 0.6) is 0 Å². The minimum atomic E-state index is -0.347. The van der Waals surface area contributed by atoms with Gasteiger partial charge in [-0.1, -0.05) is 11.6 Å². The highest BCUT2D eigenvalue weighted by molar-refractivity contribution is 6.30. The number of allylic oxidation sites excluding steroid dienone is 1. The average molecular weight is 359 g/mol. The molecule has 130 valence electrons. The Balaban J connectivity index is 1.54. The highest BCUT2D eigenvalue weighted by Crippen LogP contribution is 2.26. The van der Waals surface area contributed by atoms with Crippen molar-refractivity contribution in [3.63, 3.8) is 0 Å². The molecule has 3 aliphatic rings. The molecule has 3 aliphatic heterocycles. The number of fused-ring (bicyclic) bond motifs is 1. The fraction of sp³-hybridized carbons (Fsp3) is 0.316. The highest BCUT2D eigenvalue weighted by Gasteiger charge is 2.22. The van der Waals surface area contributed by atoms with Gasteiger partial charge in [-0.2, -0.15) is 0 Å². The highest BCUT2D eigenvalue weighted by atomic mass is 35.5. The number of nitrogens with one attached hydrogen (secondary N) is 1. The van der Waals surface area contributed by atoms with Gasteiger partial charge >= 0.3 is 0 Å². The standard InChI is InChI=1S/C19H20ClFN4/c1-13-11-24(7-5-22-13)17-2-3-19-23-18(4-6-25(19)12-17)14-8-15(20)10-16(21)9-14/h2-4,8-10,12-13,22H,5-7,11H2,1H3/t13-/m0/s1. The van der Waals surface area contributed by atoms with Crippen LogP contribution in [-0.4, -0.2) is 47.9 Å². The molecule has 1 N–H and O–H groups in total. The van der Waals surface area contributed by atoms with E-state index >= 15 is 0 Å². The Morgan fingerprint density at radius 2 is 2.16 bits per heavy atom. The second-order valence-corrected chi connectivity index (χ2v) is 6.99. The van der Waals surface area contributed by atoms with Crippen LogP contribution in [0.15, 0.2) is 53.3 Å². The van der Waals surface area contributed by atoms with Crippen LogP contribution in [0, 0.1) is 5.82 Å². The number of rotatable bonds is 2. The van der Waals surface area contributed by atoms with Crippen LogP contribution in [-0.2, 0) is 0 Å². The molecule has 0 amide bonds. The van der Waals surface area contributed by atoms with Crippen molar-refractivity contribution in [2.75, 3.05) is 26.2 Å². The molecule has 1 atom stereocenters. The van der Waals surface area contributed by atoms with Crippen molar-refractivity contribution < 1.29 is 4.39 Å². The SMILES string of the molecule is C[C@H]1CN(C2=CN3CC=C(c4cc(F)cc(Cl)c4)N=C3C=C2)CCN1. The number of hydrogen-bond donors (Lipinski definition) is 1. The molecule has 0 radical (unpaired) electrons. The van der Waals surface area contributed by atoms with Gasteiger partial charge in [0.2, 0.25) is 0 Å². The molecule has 1 aromatic carbocycles. The summed E-state index contributed by atoms with van der Waals surface area (Å²) in [5.74, 6) is 0.519. The Labute approximate surface area is 152 Å². The predicted molar refractivity (Wildman–Crippen MR) is 99.8 cm³/mol. The van der Waals surface area contributed by atoms with E-state index in [1.165, 1.54) is 17.8 Å². The average Bonchev–Trinajstić information content (AvgIpc) is 2.60. The first-order valence-electron chi connectivity index (χ1n) is 8.49. The number of halogens is 2. The van der Waals surface area contributed by atoms with E-state index in [9.17, 15) is 4.39 Å². The molecule has 0 spiro atoms. The number of benzene rings is 1. The fourth-order valence-electron chi connectivity index (χ4n) is 3.36. The molecule has 0 aliphatic carbocycles. The molecule has 0 aromatic heterocycles. The molecule has 0 bridgehead atoms. The van der Waals surface area contributed by atoms with Gasteiger partial charge in [0.15, 0.2) is 0 Å². The smallest absolute Gasteiger partial charge is 0.133 e. The summed E-state index contributed by atoms with van der Waals surface area (Å²) in [4.78, 5) is 9.17. The Kier molecular flexibility index (Phi) is 4.36. The summed E-state index contributed by atoms with van der Waals surface area (Å²) >= 11 is 5.96. The predicted octanol–water partition coefficient (Wildman–Crippen LogP) is 3.24. The molecule has 4 nitrogen and oxygen atoms in total. The third-order valence-corrected chi connectivity index (χ3v) is 4.81. The number of nitrogens with zero attached hydrogens (tertiary/aromatic N) is 3. The normalized spacial score (nSPS) is 23.0. The molecule has 3 heterocycles. The van der Waals surface area contributed by atoms with Gasteiger partial charge in [0.1, 0.15) is 11.7 Å². The zero-order valence-electron chi connectivity index (χ0n) is 14.0. The summed E-state index contributed by atoms with van der Waals surface area (Å²) in [5, 5.41) is 3.84. The van der Waals surface area contributed by atoms with Crippen LogP contribution in [0.2, 0.25) is 5.02 Å². The maximum atomic E-state index is 13.6. The maximum Gasteiger partial charge on any atom is 0.133 e. The largest absolute Gasteiger partial charge is 0.368 e. The molecule has 1 saturated heterocycles. The van der Waals surface area contributed by atoms with Crippen molar-refractivity contribution in [2.45, 2.75) is 13.0 Å². The van der Waals surface area contributed by atoms with Crippen LogP contribution in [0.3, 0.4) is 0 Å². The van der Waals surface area contributed by atoms with Gasteiger partial charge in [0.05, 0.1) is 11.4 Å². The van der Waals surface area contributed by atoms with E-state index in [0.717, 1.165) is 31.2 Å². The third-order valence-electron chi connectivity index (χ3n) is 4.59. The van der Waals surface area contributed by atoms with E-state index < -0.39 is 0 Å². The van der Waals surface area contributed by atoms with Gasteiger partial charge in [-0.05, 0) is 43.4 Å². The lowest BCUT2D eigenvalue weighted by Gasteiger charge is -2.37.